The van der Waals surface area contributed by atoms with E-state index in [4.69, 9.17) is 5.73 Å². The van der Waals surface area contributed by atoms with Crippen molar-refractivity contribution in [1.82, 2.24) is 4.98 Å². The third-order valence-corrected chi connectivity index (χ3v) is 4.67. The van der Waals surface area contributed by atoms with Gasteiger partial charge in [0.1, 0.15) is 10.7 Å². The van der Waals surface area contributed by atoms with Gasteiger partial charge in [0.15, 0.2) is 0 Å². The molecule has 0 aliphatic carbocycles. The lowest BCUT2D eigenvalue weighted by atomic mass is 10.3. The number of para-hydroxylation sites is 1. The molecule has 0 aliphatic rings. The number of sulfonamides is 1. The molecule has 0 unspecified atom stereocenters. The van der Waals surface area contributed by atoms with Crippen molar-refractivity contribution in [3.05, 3.63) is 54.6 Å². The molecule has 5 nitrogen and oxygen atoms in total. The Morgan fingerprint density at radius 2 is 1.90 bits per heavy atom. The van der Waals surface area contributed by atoms with Crippen molar-refractivity contribution < 1.29 is 12.8 Å². The minimum Gasteiger partial charge on any atom is -0.330 e. The fourth-order valence-electron chi connectivity index (χ4n) is 1.88. The molecule has 0 amide bonds. The van der Waals surface area contributed by atoms with E-state index in [1.807, 2.05) is 0 Å². The van der Waals surface area contributed by atoms with Crippen LogP contribution in [0.4, 0.5) is 10.1 Å². The van der Waals surface area contributed by atoms with Crippen LogP contribution in [0.25, 0.3) is 0 Å². The van der Waals surface area contributed by atoms with Gasteiger partial charge >= 0.3 is 0 Å². The molecule has 7 heteroatoms. The van der Waals surface area contributed by atoms with Crippen LogP contribution in [0.3, 0.4) is 0 Å². The Morgan fingerprint density at radius 3 is 2.52 bits per heavy atom. The van der Waals surface area contributed by atoms with Gasteiger partial charge in [0.2, 0.25) is 0 Å². The largest absolute Gasteiger partial charge is 0.330 e. The molecule has 0 spiro atoms. The van der Waals surface area contributed by atoms with Gasteiger partial charge in [-0.15, -0.1) is 0 Å². The molecule has 0 saturated carbocycles. The van der Waals surface area contributed by atoms with Crippen molar-refractivity contribution in [2.75, 3.05) is 17.4 Å². The van der Waals surface area contributed by atoms with E-state index in [1.165, 1.54) is 4.31 Å². The second-order valence-corrected chi connectivity index (χ2v) is 6.26. The fourth-order valence-corrected chi connectivity index (χ4v) is 3.36. The molecule has 1 aromatic heterocycles. The second-order valence-electron chi connectivity index (χ2n) is 4.39. The van der Waals surface area contributed by atoms with Crippen LogP contribution < -0.4 is 10.0 Å². The summed E-state index contributed by atoms with van der Waals surface area (Å²) in [5.74, 6) is -0.692. The van der Waals surface area contributed by atoms with E-state index in [2.05, 4.69) is 4.98 Å². The van der Waals surface area contributed by atoms with Crippen LogP contribution in [-0.2, 0) is 10.0 Å². The minimum atomic E-state index is -3.87. The number of aromatic nitrogens is 1. The molecular weight excluding hydrogens is 293 g/mol. The van der Waals surface area contributed by atoms with Crippen LogP contribution in [0, 0.1) is 5.82 Å². The number of pyridine rings is 1. The Kier molecular flexibility index (Phi) is 4.87. The molecule has 0 radical (unpaired) electrons. The lowest BCUT2D eigenvalue weighted by molar-refractivity contribution is 0.582. The van der Waals surface area contributed by atoms with Crippen molar-refractivity contribution in [2.24, 2.45) is 5.73 Å². The number of rotatable bonds is 6. The highest BCUT2D eigenvalue weighted by Gasteiger charge is 2.25. The molecule has 0 atom stereocenters. The fraction of sp³-hybridized carbons (Fsp3) is 0.214. The van der Waals surface area contributed by atoms with E-state index < -0.39 is 15.8 Å². The van der Waals surface area contributed by atoms with Gasteiger partial charge in [-0.1, -0.05) is 18.2 Å². The smallest absolute Gasteiger partial charge is 0.265 e. The van der Waals surface area contributed by atoms with Crippen LogP contribution in [0.15, 0.2) is 53.7 Å². The number of hydrogen-bond acceptors (Lipinski definition) is 4. The lowest BCUT2D eigenvalue weighted by Gasteiger charge is -2.24. The van der Waals surface area contributed by atoms with Crippen molar-refractivity contribution in [2.45, 2.75) is 11.3 Å². The monoisotopic (exact) mass is 309 g/mol. The number of benzene rings is 1. The zero-order valence-electron chi connectivity index (χ0n) is 11.3. The summed E-state index contributed by atoms with van der Waals surface area (Å²) in [6.45, 7) is 0.583. The highest BCUT2D eigenvalue weighted by molar-refractivity contribution is 7.92. The summed E-state index contributed by atoms with van der Waals surface area (Å²) in [5.41, 5.74) is 5.98. The van der Waals surface area contributed by atoms with E-state index in [0.717, 1.165) is 18.5 Å². The molecule has 0 fully saturated rings. The van der Waals surface area contributed by atoms with E-state index in [-0.39, 0.29) is 11.4 Å². The zero-order chi connectivity index (χ0) is 15.3. The van der Waals surface area contributed by atoms with Crippen LogP contribution in [0.2, 0.25) is 0 Å². The normalized spacial score (nSPS) is 11.3. The summed E-state index contributed by atoms with van der Waals surface area (Å²) in [7, 11) is -3.87. The Labute approximate surface area is 123 Å². The average molecular weight is 309 g/mol. The number of halogens is 1. The van der Waals surface area contributed by atoms with Gasteiger partial charge in [-0.2, -0.15) is 0 Å². The average Bonchev–Trinajstić information content (AvgIpc) is 2.48. The van der Waals surface area contributed by atoms with Gasteiger partial charge in [0, 0.05) is 12.7 Å². The summed E-state index contributed by atoms with van der Waals surface area (Å²) in [5, 5.41) is 0. The van der Waals surface area contributed by atoms with E-state index in [9.17, 15) is 12.8 Å². The first-order valence-corrected chi connectivity index (χ1v) is 7.88. The SMILES string of the molecule is NCCCN(c1ccccc1)S(=O)(=O)c1cncc(F)c1. The number of nitrogens with two attached hydrogens (primary N) is 1. The minimum absolute atomic E-state index is 0.177. The number of hydrogen-bond donors (Lipinski definition) is 1. The van der Waals surface area contributed by atoms with Crippen LogP contribution in [-0.4, -0.2) is 26.5 Å². The molecule has 1 aromatic carbocycles. The zero-order valence-corrected chi connectivity index (χ0v) is 12.1. The number of anilines is 1. The molecule has 2 rings (SSSR count). The van der Waals surface area contributed by atoms with Gasteiger partial charge in [-0.3, -0.25) is 9.29 Å². The molecule has 0 aliphatic heterocycles. The summed E-state index contributed by atoms with van der Waals surface area (Å²) in [6.07, 6.45) is 2.60. The molecule has 112 valence electrons. The van der Waals surface area contributed by atoms with Crippen LogP contribution >= 0.6 is 0 Å². The van der Waals surface area contributed by atoms with Crippen molar-refractivity contribution >= 4 is 15.7 Å². The maximum atomic E-state index is 13.2. The second kappa shape index (κ2) is 6.64. The van der Waals surface area contributed by atoms with Crippen molar-refractivity contribution in [3.63, 3.8) is 0 Å². The van der Waals surface area contributed by atoms with E-state index in [1.54, 1.807) is 30.3 Å². The van der Waals surface area contributed by atoms with Gasteiger partial charge in [-0.25, -0.2) is 12.8 Å². The van der Waals surface area contributed by atoms with E-state index in [0.29, 0.717) is 18.7 Å². The molecule has 1 heterocycles. The Hall–Kier alpha value is -1.99. The topological polar surface area (TPSA) is 76.3 Å². The standard InChI is InChI=1S/C14H16FN3O2S/c15-12-9-14(11-17-10-12)21(19,20)18(8-4-7-16)13-5-2-1-3-6-13/h1-3,5-6,9-11H,4,7-8,16H2. The number of nitrogens with zero attached hydrogens (tertiary/aromatic N) is 2. The highest BCUT2D eigenvalue weighted by Crippen LogP contribution is 2.23. The first-order chi connectivity index (χ1) is 10.1. The van der Waals surface area contributed by atoms with Crippen molar-refractivity contribution in [3.8, 4) is 0 Å². The first kappa shape index (κ1) is 15.4. The first-order valence-electron chi connectivity index (χ1n) is 6.44. The molecular formula is C14H16FN3O2S. The van der Waals surface area contributed by atoms with Crippen LogP contribution in [0.1, 0.15) is 6.42 Å². The van der Waals surface area contributed by atoms with Gasteiger partial charge < -0.3 is 5.73 Å². The molecule has 2 aromatic rings. The predicted octanol–water partition coefficient (Wildman–Crippen LogP) is 1.76. The highest BCUT2D eigenvalue weighted by atomic mass is 32.2. The summed E-state index contributed by atoms with van der Waals surface area (Å²) < 4.78 is 39.8. The maximum Gasteiger partial charge on any atom is 0.265 e. The Bertz CT molecular complexity index is 692. The third-order valence-electron chi connectivity index (χ3n) is 2.88. The molecule has 0 saturated heterocycles. The summed E-state index contributed by atoms with van der Waals surface area (Å²) >= 11 is 0. The third kappa shape index (κ3) is 3.56. The van der Waals surface area contributed by atoms with Gasteiger partial charge in [0.25, 0.3) is 10.0 Å². The Morgan fingerprint density at radius 1 is 1.19 bits per heavy atom. The quantitative estimate of drug-likeness (QED) is 0.882. The summed E-state index contributed by atoms with van der Waals surface area (Å²) in [4.78, 5) is 3.42. The molecule has 2 N–H and O–H groups in total. The van der Waals surface area contributed by atoms with Crippen LogP contribution in [0.5, 0.6) is 0 Å². The summed E-state index contributed by atoms with van der Waals surface area (Å²) in [6, 6.07) is 9.59. The van der Waals surface area contributed by atoms with Crippen molar-refractivity contribution in [1.29, 1.82) is 0 Å². The molecule has 0 bridgehead atoms. The molecule has 21 heavy (non-hydrogen) atoms. The lowest BCUT2D eigenvalue weighted by Crippen LogP contribution is -2.33. The van der Waals surface area contributed by atoms with Gasteiger partial charge in [0.05, 0.1) is 11.9 Å². The maximum absolute atomic E-state index is 13.2. The Balaban J connectivity index is 2.44. The predicted molar refractivity (Wildman–Crippen MR) is 78.8 cm³/mol. The van der Waals surface area contributed by atoms with E-state index >= 15 is 0 Å². The van der Waals surface area contributed by atoms with Gasteiger partial charge in [-0.05, 0) is 31.2 Å².